The fraction of sp³-hybridized carbons (Fsp3) is 0.125. The molecular formula is C16H15NO5. The summed E-state index contributed by atoms with van der Waals surface area (Å²) in [6.45, 7) is 2.40. The number of aromatic hydroxyl groups is 1. The zero-order chi connectivity index (χ0) is 16.1. The molecule has 0 fully saturated rings. The van der Waals surface area contributed by atoms with E-state index in [4.69, 9.17) is 9.84 Å². The third-order valence-corrected chi connectivity index (χ3v) is 2.92. The van der Waals surface area contributed by atoms with Crippen molar-refractivity contribution in [1.82, 2.24) is 0 Å². The predicted octanol–water partition coefficient (Wildman–Crippen LogP) is 2.74. The van der Waals surface area contributed by atoms with Gasteiger partial charge in [0.25, 0.3) is 5.91 Å². The van der Waals surface area contributed by atoms with Crippen molar-refractivity contribution >= 4 is 17.6 Å². The fourth-order valence-electron chi connectivity index (χ4n) is 1.95. The number of carbonyl (C=O) groups excluding carboxylic acids is 1. The molecule has 6 nitrogen and oxygen atoms in total. The molecule has 22 heavy (non-hydrogen) atoms. The number of benzene rings is 2. The molecule has 2 aromatic rings. The van der Waals surface area contributed by atoms with Crippen LogP contribution >= 0.6 is 0 Å². The second-order valence-electron chi connectivity index (χ2n) is 4.42. The normalized spacial score (nSPS) is 10.0. The summed E-state index contributed by atoms with van der Waals surface area (Å²) < 4.78 is 5.29. The number of phenols is 1. The van der Waals surface area contributed by atoms with Crippen LogP contribution in [0.1, 0.15) is 27.6 Å². The SMILES string of the molecule is CCOc1ccc(NC(=O)c2cccc(O)c2C(=O)O)cc1. The van der Waals surface area contributed by atoms with Crippen molar-refractivity contribution in [2.24, 2.45) is 0 Å². The maximum Gasteiger partial charge on any atom is 0.340 e. The van der Waals surface area contributed by atoms with Gasteiger partial charge in [0.05, 0.1) is 12.2 Å². The second-order valence-corrected chi connectivity index (χ2v) is 4.42. The van der Waals surface area contributed by atoms with Gasteiger partial charge in [0.2, 0.25) is 0 Å². The van der Waals surface area contributed by atoms with Crippen LogP contribution in [0.15, 0.2) is 42.5 Å². The highest BCUT2D eigenvalue weighted by atomic mass is 16.5. The number of hydrogen-bond acceptors (Lipinski definition) is 4. The van der Waals surface area contributed by atoms with Gasteiger partial charge in [0, 0.05) is 5.69 Å². The van der Waals surface area contributed by atoms with Gasteiger partial charge in [-0.25, -0.2) is 4.79 Å². The lowest BCUT2D eigenvalue weighted by Crippen LogP contribution is -2.16. The van der Waals surface area contributed by atoms with Crippen LogP contribution in [0, 0.1) is 0 Å². The molecule has 1 amide bonds. The monoisotopic (exact) mass is 301 g/mol. The summed E-state index contributed by atoms with van der Waals surface area (Å²) in [5.74, 6) is -1.76. The maximum absolute atomic E-state index is 12.2. The van der Waals surface area contributed by atoms with Crippen LogP contribution in [0.5, 0.6) is 11.5 Å². The number of nitrogens with one attached hydrogen (secondary N) is 1. The van der Waals surface area contributed by atoms with Gasteiger partial charge in [-0.2, -0.15) is 0 Å². The number of carboxylic acids is 1. The van der Waals surface area contributed by atoms with E-state index in [9.17, 15) is 14.7 Å². The van der Waals surface area contributed by atoms with Gasteiger partial charge in [-0.15, -0.1) is 0 Å². The maximum atomic E-state index is 12.2. The fourth-order valence-corrected chi connectivity index (χ4v) is 1.95. The smallest absolute Gasteiger partial charge is 0.340 e. The Kier molecular flexibility index (Phi) is 4.63. The van der Waals surface area contributed by atoms with E-state index in [1.807, 2.05) is 6.92 Å². The first kappa shape index (κ1) is 15.4. The highest BCUT2D eigenvalue weighted by molar-refractivity contribution is 6.11. The van der Waals surface area contributed by atoms with E-state index in [1.165, 1.54) is 18.2 Å². The summed E-state index contributed by atoms with van der Waals surface area (Å²) >= 11 is 0. The number of anilines is 1. The molecule has 0 saturated carbocycles. The molecular weight excluding hydrogens is 286 g/mol. The summed E-state index contributed by atoms with van der Waals surface area (Å²) in [6, 6.07) is 10.6. The zero-order valence-electron chi connectivity index (χ0n) is 11.9. The minimum absolute atomic E-state index is 0.110. The van der Waals surface area contributed by atoms with Gasteiger partial charge >= 0.3 is 5.97 Å². The topological polar surface area (TPSA) is 95.9 Å². The van der Waals surface area contributed by atoms with Crippen molar-refractivity contribution in [1.29, 1.82) is 0 Å². The van der Waals surface area contributed by atoms with E-state index in [-0.39, 0.29) is 5.56 Å². The molecule has 0 saturated heterocycles. The molecule has 0 spiro atoms. The van der Waals surface area contributed by atoms with Crippen molar-refractivity contribution in [2.75, 3.05) is 11.9 Å². The second kappa shape index (κ2) is 6.62. The zero-order valence-corrected chi connectivity index (χ0v) is 11.9. The Morgan fingerprint density at radius 3 is 2.41 bits per heavy atom. The summed E-state index contributed by atoms with van der Waals surface area (Å²) in [6.07, 6.45) is 0. The number of ether oxygens (including phenoxy) is 1. The molecule has 0 aliphatic rings. The molecule has 3 N–H and O–H groups in total. The van der Waals surface area contributed by atoms with Crippen molar-refractivity contribution in [3.05, 3.63) is 53.6 Å². The number of hydrogen-bond donors (Lipinski definition) is 3. The van der Waals surface area contributed by atoms with Gasteiger partial charge in [-0.1, -0.05) is 6.07 Å². The first-order chi connectivity index (χ1) is 10.5. The first-order valence-electron chi connectivity index (χ1n) is 6.62. The van der Waals surface area contributed by atoms with Crippen LogP contribution in [-0.2, 0) is 0 Å². The molecule has 2 aromatic carbocycles. The minimum atomic E-state index is -1.37. The highest BCUT2D eigenvalue weighted by Gasteiger charge is 2.20. The summed E-state index contributed by atoms with van der Waals surface area (Å²) in [5, 5.41) is 21.3. The van der Waals surface area contributed by atoms with Gasteiger partial charge in [-0.3, -0.25) is 4.79 Å². The van der Waals surface area contributed by atoms with Gasteiger partial charge < -0.3 is 20.3 Å². The average molecular weight is 301 g/mol. The molecule has 0 unspecified atom stereocenters. The Balaban J connectivity index is 2.22. The molecule has 6 heteroatoms. The van der Waals surface area contributed by atoms with Crippen molar-refractivity contribution in [3.8, 4) is 11.5 Å². The number of carbonyl (C=O) groups is 2. The number of amides is 1. The standard InChI is InChI=1S/C16H15NO5/c1-2-22-11-8-6-10(7-9-11)17-15(19)12-4-3-5-13(18)14(12)16(20)21/h3-9,18H,2H2,1H3,(H,17,19)(H,20,21). The molecule has 0 heterocycles. The van der Waals surface area contributed by atoms with Crippen LogP contribution in [0.4, 0.5) is 5.69 Å². The Labute approximate surface area is 127 Å². The largest absolute Gasteiger partial charge is 0.507 e. The van der Waals surface area contributed by atoms with E-state index >= 15 is 0 Å². The molecule has 0 aromatic heterocycles. The number of carboxylic acid groups (broad SMARTS) is 1. The Bertz CT molecular complexity index is 694. The van der Waals surface area contributed by atoms with Crippen molar-refractivity contribution in [2.45, 2.75) is 6.92 Å². The van der Waals surface area contributed by atoms with Crippen LogP contribution in [-0.4, -0.2) is 28.7 Å². The first-order valence-corrected chi connectivity index (χ1v) is 6.62. The summed E-state index contributed by atoms with van der Waals surface area (Å²) in [7, 11) is 0. The Hall–Kier alpha value is -3.02. The van der Waals surface area contributed by atoms with E-state index in [0.29, 0.717) is 18.0 Å². The average Bonchev–Trinajstić information content (AvgIpc) is 2.49. The summed E-state index contributed by atoms with van der Waals surface area (Å²) in [5.41, 5.74) is -0.0412. The van der Waals surface area contributed by atoms with Crippen molar-refractivity contribution < 1.29 is 24.5 Å². The van der Waals surface area contributed by atoms with Crippen LogP contribution < -0.4 is 10.1 Å². The molecule has 0 aliphatic heterocycles. The molecule has 114 valence electrons. The summed E-state index contributed by atoms with van der Waals surface area (Å²) in [4.78, 5) is 23.3. The van der Waals surface area contributed by atoms with Crippen LogP contribution in [0.2, 0.25) is 0 Å². The third-order valence-electron chi connectivity index (χ3n) is 2.92. The van der Waals surface area contributed by atoms with E-state index < -0.39 is 23.2 Å². The lowest BCUT2D eigenvalue weighted by molar-refractivity contribution is 0.0689. The molecule has 0 aliphatic carbocycles. The predicted molar refractivity (Wildman–Crippen MR) is 80.6 cm³/mol. The molecule has 0 bridgehead atoms. The number of rotatable bonds is 5. The van der Waals surface area contributed by atoms with E-state index in [1.54, 1.807) is 24.3 Å². The quantitative estimate of drug-likeness (QED) is 0.789. The molecule has 0 atom stereocenters. The van der Waals surface area contributed by atoms with Crippen molar-refractivity contribution in [3.63, 3.8) is 0 Å². The molecule has 2 rings (SSSR count). The molecule has 0 radical (unpaired) electrons. The lowest BCUT2D eigenvalue weighted by atomic mass is 10.1. The van der Waals surface area contributed by atoms with Gasteiger partial charge in [0.15, 0.2) is 0 Å². The minimum Gasteiger partial charge on any atom is -0.507 e. The highest BCUT2D eigenvalue weighted by Crippen LogP contribution is 2.23. The lowest BCUT2D eigenvalue weighted by Gasteiger charge is -2.09. The van der Waals surface area contributed by atoms with E-state index in [2.05, 4.69) is 5.32 Å². The van der Waals surface area contributed by atoms with Gasteiger partial charge in [0.1, 0.15) is 17.1 Å². The van der Waals surface area contributed by atoms with E-state index in [0.717, 1.165) is 0 Å². The third kappa shape index (κ3) is 3.35. The van der Waals surface area contributed by atoms with Crippen LogP contribution in [0.25, 0.3) is 0 Å². The van der Waals surface area contributed by atoms with Crippen LogP contribution in [0.3, 0.4) is 0 Å². The van der Waals surface area contributed by atoms with Gasteiger partial charge in [-0.05, 0) is 43.3 Å². The number of aromatic carboxylic acids is 1. The Morgan fingerprint density at radius 1 is 1.14 bits per heavy atom. The Morgan fingerprint density at radius 2 is 1.82 bits per heavy atom.